The summed E-state index contributed by atoms with van der Waals surface area (Å²) in [5.41, 5.74) is 3.05. The van der Waals surface area contributed by atoms with Crippen LogP contribution in [-0.2, 0) is 16.1 Å². The largest absolute Gasteiger partial charge is 0.464 e. The summed E-state index contributed by atoms with van der Waals surface area (Å²) in [5.74, 6) is -0.717. The summed E-state index contributed by atoms with van der Waals surface area (Å²) in [6.07, 6.45) is 0. The van der Waals surface area contributed by atoms with Gasteiger partial charge in [0.1, 0.15) is 6.61 Å². The van der Waals surface area contributed by atoms with Gasteiger partial charge in [-0.05, 0) is 48.9 Å². The van der Waals surface area contributed by atoms with Crippen LogP contribution in [0.1, 0.15) is 52.8 Å². The van der Waals surface area contributed by atoms with Crippen LogP contribution in [-0.4, -0.2) is 33.1 Å². The van der Waals surface area contributed by atoms with Crippen LogP contribution in [0.4, 0.5) is 0 Å². The molecule has 0 aliphatic heterocycles. The minimum Gasteiger partial charge on any atom is -0.464 e. The SMILES string of the molecule is CC(=O)OCCn1nc(C(C)c2cc(C)c(C(=O)c3ccc(Cl)cc3)[nH]2)ccc1=O. The number of benzene rings is 1. The van der Waals surface area contributed by atoms with Crippen molar-refractivity contribution in [3.05, 3.63) is 86.0 Å². The fourth-order valence-electron chi connectivity index (χ4n) is 3.09. The van der Waals surface area contributed by atoms with Crippen molar-refractivity contribution in [1.82, 2.24) is 14.8 Å². The van der Waals surface area contributed by atoms with Crippen molar-refractivity contribution in [2.24, 2.45) is 0 Å². The lowest BCUT2D eigenvalue weighted by Crippen LogP contribution is -2.26. The third-order valence-corrected chi connectivity index (χ3v) is 5.03. The standard InChI is InChI=1S/C22H22ClN3O4/c1-13-12-19(24-21(13)22(29)16-4-6-17(23)7-5-16)14(2)18-8-9-20(28)26(25-18)10-11-30-15(3)27/h4-9,12,14,24H,10-11H2,1-3H3. The van der Waals surface area contributed by atoms with Gasteiger partial charge in [-0.1, -0.05) is 18.5 Å². The van der Waals surface area contributed by atoms with E-state index < -0.39 is 5.97 Å². The van der Waals surface area contributed by atoms with Gasteiger partial charge in [-0.25, -0.2) is 4.68 Å². The first kappa shape index (κ1) is 21.5. The summed E-state index contributed by atoms with van der Waals surface area (Å²) in [6.45, 7) is 5.35. The van der Waals surface area contributed by atoms with Crippen LogP contribution in [0, 0.1) is 6.92 Å². The predicted octanol–water partition coefficient (Wildman–Crippen LogP) is 3.48. The van der Waals surface area contributed by atoms with E-state index in [1.54, 1.807) is 30.3 Å². The molecule has 3 rings (SSSR count). The Balaban J connectivity index is 1.84. The zero-order chi connectivity index (χ0) is 21.8. The molecule has 30 heavy (non-hydrogen) atoms. The Morgan fingerprint density at radius 3 is 2.57 bits per heavy atom. The maximum absolute atomic E-state index is 12.8. The number of nitrogens with one attached hydrogen (secondary N) is 1. The number of H-pyrrole nitrogens is 1. The van der Waals surface area contributed by atoms with Crippen LogP contribution in [0.2, 0.25) is 5.02 Å². The molecule has 2 heterocycles. The second-order valence-corrected chi connectivity index (χ2v) is 7.44. The quantitative estimate of drug-likeness (QED) is 0.460. The molecule has 8 heteroatoms. The molecule has 156 valence electrons. The normalized spacial score (nSPS) is 11.9. The Morgan fingerprint density at radius 2 is 1.90 bits per heavy atom. The van der Waals surface area contributed by atoms with Crippen molar-refractivity contribution in [3.8, 4) is 0 Å². The van der Waals surface area contributed by atoms with Crippen molar-refractivity contribution in [1.29, 1.82) is 0 Å². The monoisotopic (exact) mass is 427 g/mol. The molecule has 0 aliphatic carbocycles. The summed E-state index contributed by atoms with van der Waals surface area (Å²) in [4.78, 5) is 39.0. The number of carbonyl (C=O) groups is 2. The Bertz CT molecular complexity index is 1130. The number of carbonyl (C=O) groups excluding carboxylic acids is 2. The van der Waals surface area contributed by atoms with Crippen LogP contribution in [0.25, 0.3) is 0 Å². The van der Waals surface area contributed by atoms with E-state index >= 15 is 0 Å². The lowest BCUT2D eigenvalue weighted by Gasteiger charge is -2.12. The molecule has 7 nitrogen and oxygen atoms in total. The van der Waals surface area contributed by atoms with Gasteiger partial charge >= 0.3 is 5.97 Å². The summed E-state index contributed by atoms with van der Waals surface area (Å²) in [7, 11) is 0. The van der Waals surface area contributed by atoms with Gasteiger partial charge in [-0.15, -0.1) is 0 Å². The van der Waals surface area contributed by atoms with Gasteiger partial charge < -0.3 is 9.72 Å². The lowest BCUT2D eigenvalue weighted by atomic mass is 10.0. The van der Waals surface area contributed by atoms with E-state index in [2.05, 4.69) is 10.1 Å². The number of aromatic amines is 1. The molecule has 1 aromatic carbocycles. The Hall–Kier alpha value is -3.19. The van der Waals surface area contributed by atoms with E-state index in [-0.39, 0.29) is 30.4 Å². The van der Waals surface area contributed by atoms with E-state index in [9.17, 15) is 14.4 Å². The van der Waals surface area contributed by atoms with Gasteiger partial charge in [0.25, 0.3) is 5.56 Å². The van der Waals surface area contributed by atoms with Crippen molar-refractivity contribution in [3.63, 3.8) is 0 Å². The van der Waals surface area contributed by atoms with Crippen LogP contribution in [0.15, 0.2) is 47.3 Å². The van der Waals surface area contributed by atoms with Gasteiger partial charge in [0.15, 0.2) is 0 Å². The third-order valence-electron chi connectivity index (χ3n) is 4.77. The predicted molar refractivity (Wildman–Crippen MR) is 113 cm³/mol. The molecule has 2 aromatic heterocycles. The van der Waals surface area contributed by atoms with Crippen LogP contribution >= 0.6 is 11.6 Å². The highest BCUT2D eigenvalue weighted by molar-refractivity contribution is 6.30. The summed E-state index contributed by atoms with van der Waals surface area (Å²) < 4.78 is 6.16. The molecule has 0 aliphatic rings. The molecule has 3 aromatic rings. The Labute approximate surface area is 178 Å². The van der Waals surface area contributed by atoms with Gasteiger partial charge in [0.2, 0.25) is 5.78 Å². The number of aryl methyl sites for hydroxylation is 1. The zero-order valence-electron chi connectivity index (χ0n) is 16.9. The summed E-state index contributed by atoms with van der Waals surface area (Å²) >= 11 is 5.90. The first-order chi connectivity index (χ1) is 14.3. The van der Waals surface area contributed by atoms with E-state index in [0.717, 1.165) is 11.3 Å². The molecule has 1 unspecified atom stereocenters. The molecule has 0 saturated carbocycles. The molecule has 0 bridgehead atoms. The first-order valence-electron chi connectivity index (χ1n) is 9.47. The Kier molecular flexibility index (Phi) is 6.52. The number of hydrogen-bond donors (Lipinski definition) is 1. The molecule has 1 atom stereocenters. The fourth-order valence-corrected chi connectivity index (χ4v) is 3.22. The van der Waals surface area contributed by atoms with E-state index in [1.165, 1.54) is 17.7 Å². The van der Waals surface area contributed by atoms with Gasteiger partial charge in [0, 0.05) is 35.2 Å². The smallest absolute Gasteiger partial charge is 0.302 e. The average Bonchev–Trinajstić information content (AvgIpc) is 3.10. The highest BCUT2D eigenvalue weighted by Crippen LogP contribution is 2.25. The minimum absolute atomic E-state index is 0.0709. The maximum atomic E-state index is 12.8. The lowest BCUT2D eigenvalue weighted by molar-refractivity contribution is -0.141. The number of rotatable bonds is 7. The highest BCUT2D eigenvalue weighted by atomic mass is 35.5. The van der Waals surface area contributed by atoms with Crippen molar-refractivity contribution >= 4 is 23.4 Å². The van der Waals surface area contributed by atoms with E-state index in [0.29, 0.717) is 22.0 Å². The number of halogens is 1. The number of ketones is 1. The molecule has 0 saturated heterocycles. The highest BCUT2D eigenvalue weighted by Gasteiger charge is 2.19. The second kappa shape index (κ2) is 9.09. The van der Waals surface area contributed by atoms with Gasteiger partial charge in [0.05, 0.1) is 17.9 Å². The van der Waals surface area contributed by atoms with Gasteiger partial charge in [-0.3, -0.25) is 14.4 Å². The second-order valence-electron chi connectivity index (χ2n) is 7.00. The summed E-state index contributed by atoms with van der Waals surface area (Å²) in [6, 6.07) is 11.7. The average molecular weight is 428 g/mol. The van der Waals surface area contributed by atoms with Crippen LogP contribution in [0.5, 0.6) is 0 Å². The zero-order valence-corrected chi connectivity index (χ0v) is 17.7. The Morgan fingerprint density at radius 1 is 1.20 bits per heavy atom. The number of nitrogens with zero attached hydrogens (tertiary/aromatic N) is 2. The molecular formula is C22H22ClN3O4. The molecular weight excluding hydrogens is 406 g/mol. The maximum Gasteiger partial charge on any atom is 0.302 e. The number of esters is 1. The summed E-state index contributed by atoms with van der Waals surface area (Å²) in [5, 5.41) is 4.96. The van der Waals surface area contributed by atoms with Crippen LogP contribution in [0.3, 0.4) is 0 Å². The first-order valence-corrected chi connectivity index (χ1v) is 9.85. The van der Waals surface area contributed by atoms with Gasteiger partial charge in [-0.2, -0.15) is 5.10 Å². The number of ether oxygens (including phenoxy) is 1. The fraction of sp³-hybridized carbons (Fsp3) is 0.273. The molecule has 1 N–H and O–H groups in total. The van der Waals surface area contributed by atoms with E-state index in [4.69, 9.17) is 16.3 Å². The van der Waals surface area contributed by atoms with Crippen molar-refractivity contribution in [2.75, 3.05) is 6.61 Å². The number of hydrogen-bond acceptors (Lipinski definition) is 5. The molecule has 0 spiro atoms. The molecule has 0 amide bonds. The van der Waals surface area contributed by atoms with Crippen LogP contribution < -0.4 is 5.56 Å². The minimum atomic E-state index is -0.410. The van der Waals surface area contributed by atoms with Crippen molar-refractivity contribution < 1.29 is 14.3 Å². The number of aromatic nitrogens is 3. The topological polar surface area (TPSA) is 94.1 Å². The molecule has 0 fully saturated rings. The third kappa shape index (κ3) is 4.86. The van der Waals surface area contributed by atoms with Crippen molar-refractivity contribution in [2.45, 2.75) is 33.2 Å². The van der Waals surface area contributed by atoms with E-state index in [1.807, 2.05) is 19.9 Å². The molecule has 0 radical (unpaired) electrons.